The van der Waals surface area contributed by atoms with Crippen LogP contribution in [0, 0.1) is 23.2 Å². The molecule has 0 saturated heterocycles. The Labute approximate surface area is 141 Å². The summed E-state index contributed by atoms with van der Waals surface area (Å²) >= 11 is 6.31. The number of hydrogen-bond donors (Lipinski definition) is 1. The molecule has 4 aliphatic rings. The molecule has 4 aliphatic carbocycles. The Hall–Kier alpha value is -1.35. The number of Topliss-reactive ketones (excluding diaryl/α,β-unsaturated/α-hetero) is 1. The molecular weight excluding hydrogens is 310 g/mol. The first kappa shape index (κ1) is 15.2. The van der Waals surface area contributed by atoms with Crippen molar-refractivity contribution in [2.45, 2.75) is 43.9 Å². The van der Waals surface area contributed by atoms with E-state index in [0.29, 0.717) is 23.4 Å². The van der Waals surface area contributed by atoms with Crippen molar-refractivity contribution < 1.29 is 9.59 Å². The van der Waals surface area contributed by atoms with Gasteiger partial charge in [-0.05, 0) is 68.4 Å². The van der Waals surface area contributed by atoms with Crippen LogP contribution in [0.1, 0.15) is 38.5 Å². The monoisotopic (exact) mass is 331 g/mol. The Bertz CT molecular complexity index is 592. The standard InChI is InChI=1S/C19H22ClNO2/c20-16(18(23)21-15-4-2-1-3-5-15)17(22)19-9-12-6-13(10-19)8-14(7-12)11-19/h1-5,12-14,16H,6-11H2,(H,21,23). The van der Waals surface area contributed by atoms with Crippen LogP contribution < -0.4 is 5.32 Å². The van der Waals surface area contributed by atoms with E-state index in [9.17, 15) is 9.59 Å². The Morgan fingerprint density at radius 2 is 1.52 bits per heavy atom. The minimum absolute atomic E-state index is 0.0355. The summed E-state index contributed by atoms with van der Waals surface area (Å²) in [7, 11) is 0. The van der Waals surface area contributed by atoms with Gasteiger partial charge >= 0.3 is 0 Å². The van der Waals surface area contributed by atoms with Gasteiger partial charge < -0.3 is 5.32 Å². The highest BCUT2D eigenvalue weighted by Gasteiger charge is 2.56. The van der Waals surface area contributed by atoms with Crippen LogP contribution in [0.25, 0.3) is 0 Å². The number of ketones is 1. The first-order valence-electron chi connectivity index (χ1n) is 8.60. The highest BCUT2D eigenvalue weighted by atomic mass is 35.5. The normalized spacial score (nSPS) is 35.8. The molecule has 3 nitrogen and oxygen atoms in total. The van der Waals surface area contributed by atoms with Crippen molar-refractivity contribution in [3.63, 3.8) is 0 Å². The third kappa shape index (κ3) is 2.69. The van der Waals surface area contributed by atoms with Crippen LogP contribution in [0.15, 0.2) is 30.3 Å². The lowest BCUT2D eigenvalue weighted by Crippen LogP contribution is -2.53. The van der Waals surface area contributed by atoms with Crippen molar-refractivity contribution in [2.24, 2.45) is 23.2 Å². The summed E-state index contributed by atoms with van der Waals surface area (Å²) in [5.74, 6) is 1.59. The second kappa shape index (κ2) is 5.62. The third-order valence-corrected chi connectivity index (χ3v) is 6.46. The van der Waals surface area contributed by atoms with Crippen molar-refractivity contribution in [3.8, 4) is 0 Å². The van der Waals surface area contributed by atoms with E-state index < -0.39 is 11.3 Å². The lowest BCUT2D eigenvalue weighted by Gasteiger charge is -2.56. The molecule has 1 N–H and O–H groups in total. The molecule has 4 saturated carbocycles. The lowest BCUT2D eigenvalue weighted by molar-refractivity contribution is -0.145. The van der Waals surface area contributed by atoms with E-state index in [1.807, 2.05) is 18.2 Å². The van der Waals surface area contributed by atoms with Gasteiger partial charge in [0.05, 0.1) is 0 Å². The smallest absolute Gasteiger partial charge is 0.250 e. The zero-order valence-electron chi connectivity index (χ0n) is 13.1. The molecule has 0 heterocycles. The quantitative estimate of drug-likeness (QED) is 0.669. The maximum atomic E-state index is 13.0. The number of amides is 1. The SMILES string of the molecule is O=C(Nc1ccccc1)C(Cl)C(=O)C12CC3CC(CC(C3)C1)C2. The lowest BCUT2D eigenvalue weighted by atomic mass is 9.48. The van der Waals surface area contributed by atoms with Gasteiger partial charge in [-0.3, -0.25) is 9.59 Å². The summed E-state index contributed by atoms with van der Waals surface area (Å²) in [5.41, 5.74) is 0.358. The molecule has 4 fully saturated rings. The molecule has 1 aromatic rings. The van der Waals surface area contributed by atoms with Crippen LogP contribution in [0.5, 0.6) is 0 Å². The second-order valence-electron chi connectivity index (χ2n) is 7.78. The largest absolute Gasteiger partial charge is 0.324 e. The summed E-state index contributed by atoms with van der Waals surface area (Å²) < 4.78 is 0. The molecule has 0 radical (unpaired) electrons. The van der Waals surface area contributed by atoms with Crippen LogP contribution in [0.3, 0.4) is 0 Å². The maximum Gasteiger partial charge on any atom is 0.250 e. The van der Waals surface area contributed by atoms with Gasteiger partial charge in [-0.15, -0.1) is 11.6 Å². The summed E-state index contributed by atoms with van der Waals surface area (Å²) in [5, 5.41) is 1.69. The van der Waals surface area contributed by atoms with Crippen molar-refractivity contribution in [3.05, 3.63) is 30.3 Å². The minimum atomic E-state index is -1.08. The molecule has 1 amide bonds. The van der Waals surface area contributed by atoms with Gasteiger partial charge in [0.2, 0.25) is 5.91 Å². The first-order chi connectivity index (χ1) is 11.1. The summed E-state index contributed by atoms with van der Waals surface area (Å²) in [6.07, 6.45) is 6.65. The molecule has 0 aliphatic heterocycles. The molecule has 4 heteroatoms. The van der Waals surface area contributed by atoms with E-state index in [1.54, 1.807) is 12.1 Å². The molecule has 23 heavy (non-hydrogen) atoms. The van der Waals surface area contributed by atoms with Gasteiger partial charge in [0.25, 0.3) is 0 Å². The topological polar surface area (TPSA) is 46.2 Å². The van der Waals surface area contributed by atoms with E-state index in [-0.39, 0.29) is 11.2 Å². The van der Waals surface area contributed by atoms with Crippen molar-refractivity contribution in [1.29, 1.82) is 0 Å². The summed E-state index contributed by atoms with van der Waals surface area (Å²) in [6, 6.07) is 9.18. The van der Waals surface area contributed by atoms with E-state index in [1.165, 1.54) is 19.3 Å². The molecule has 1 atom stereocenters. The summed E-state index contributed by atoms with van der Waals surface area (Å²) in [6.45, 7) is 0. The predicted molar refractivity (Wildman–Crippen MR) is 90.3 cm³/mol. The van der Waals surface area contributed by atoms with E-state index in [2.05, 4.69) is 5.32 Å². The summed E-state index contributed by atoms with van der Waals surface area (Å²) in [4.78, 5) is 25.4. The molecule has 0 aromatic heterocycles. The van der Waals surface area contributed by atoms with Gasteiger partial charge in [-0.1, -0.05) is 18.2 Å². The molecule has 1 aromatic carbocycles. The average molecular weight is 332 g/mol. The fourth-order valence-corrected chi connectivity index (χ4v) is 5.81. The number of hydrogen-bond acceptors (Lipinski definition) is 2. The van der Waals surface area contributed by atoms with Crippen LogP contribution >= 0.6 is 11.6 Å². The number of benzene rings is 1. The fourth-order valence-electron chi connectivity index (χ4n) is 5.53. The van der Waals surface area contributed by atoms with Gasteiger partial charge in [-0.2, -0.15) is 0 Å². The second-order valence-corrected chi connectivity index (χ2v) is 8.22. The van der Waals surface area contributed by atoms with Gasteiger partial charge in [0, 0.05) is 11.1 Å². The van der Waals surface area contributed by atoms with E-state index in [0.717, 1.165) is 19.3 Å². The fraction of sp³-hybridized carbons (Fsp3) is 0.579. The zero-order valence-corrected chi connectivity index (χ0v) is 13.9. The maximum absolute atomic E-state index is 13.0. The van der Waals surface area contributed by atoms with Gasteiger partial charge in [0.1, 0.15) is 0 Å². The molecule has 5 rings (SSSR count). The van der Waals surface area contributed by atoms with Crippen LogP contribution in [-0.4, -0.2) is 17.1 Å². The van der Waals surface area contributed by atoms with E-state index >= 15 is 0 Å². The van der Waals surface area contributed by atoms with Crippen LogP contribution in [0.2, 0.25) is 0 Å². The third-order valence-electron chi connectivity index (χ3n) is 6.06. The number of carbonyl (C=O) groups is 2. The van der Waals surface area contributed by atoms with Gasteiger partial charge in [-0.25, -0.2) is 0 Å². The number of rotatable bonds is 4. The molecular formula is C19H22ClNO2. The number of carbonyl (C=O) groups excluding carboxylic acids is 2. The highest BCUT2D eigenvalue weighted by Crippen LogP contribution is 2.60. The number of halogens is 1. The number of alkyl halides is 1. The molecule has 4 bridgehead atoms. The van der Waals surface area contributed by atoms with Crippen molar-refractivity contribution in [2.75, 3.05) is 5.32 Å². The Morgan fingerprint density at radius 1 is 1.00 bits per heavy atom. The van der Waals surface area contributed by atoms with Crippen LogP contribution in [-0.2, 0) is 9.59 Å². The number of nitrogens with one attached hydrogen (secondary N) is 1. The Morgan fingerprint density at radius 3 is 2.04 bits per heavy atom. The highest BCUT2D eigenvalue weighted by molar-refractivity contribution is 6.43. The molecule has 1 unspecified atom stereocenters. The first-order valence-corrected chi connectivity index (χ1v) is 9.04. The Kier molecular flexibility index (Phi) is 3.72. The minimum Gasteiger partial charge on any atom is -0.324 e. The zero-order chi connectivity index (χ0) is 16.0. The predicted octanol–water partition coefficient (Wildman–Crippen LogP) is 4.02. The molecule has 122 valence electrons. The average Bonchev–Trinajstić information content (AvgIpc) is 2.53. The van der Waals surface area contributed by atoms with Crippen molar-refractivity contribution >= 4 is 29.0 Å². The Balaban J connectivity index is 1.49. The van der Waals surface area contributed by atoms with Crippen molar-refractivity contribution in [1.82, 2.24) is 0 Å². The number of para-hydroxylation sites is 1. The van der Waals surface area contributed by atoms with E-state index in [4.69, 9.17) is 11.6 Å². The van der Waals surface area contributed by atoms with Gasteiger partial charge in [0.15, 0.2) is 11.2 Å². The van der Waals surface area contributed by atoms with Crippen LogP contribution in [0.4, 0.5) is 5.69 Å². The molecule has 0 spiro atoms. The number of anilines is 1.